The number of benzene rings is 2. The number of likely N-dealkylation sites (N-methyl/N-ethyl adjacent to an activating group) is 1. The number of hydrogen-bond acceptors (Lipinski definition) is 2. The molecule has 0 saturated heterocycles. The zero-order valence-electron chi connectivity index (χ0n) is 14.3. The fraction of sp³-hybridized carbons (Fsp3) is 0.333. The standard InChI is InChI=1S/C21H25NO/c1-5-14-22(4)18(3)15-19-10-12-21(13-11-19)23-16-20-8-6-17(2)7-9-20/h1,6-13,18H,14-16H2,2-4H3. The average molecular weight is 307 g/mol. The van der Waals surface area contributed by atoms with Crippen molar-refractivity contribution >= 4 is 0 Å². The monoisotopic (exact) mass is 307 g/mol. The largest absolute Gasteiger partial charge is 0.489 e. The molecule has 2 rings (SSSR count). The van der Waals surface area contributed by atoms with E-state index in [1.807, 2.05) is 12.1 Å². The topological polar surface area (TPSA) is 12.5 Å². The molecule has 23 heavy (non-hydrogen) atoms. The lowest BCUT2D eigenvalue weighted by Crippen LogP contribution is -2.31. The Morgan fingerprint density at radius 1 is 1.04 bits per heavy atom. The third kappa shape index (κ3) is 5.47. The summed E-state index contributed by atoms with van der Waals surface area (Å²) >= 11 is 0. The lowest BCUT2D eigenvalue weighted by molar-refractivity contribution is 0.286. The Morgan fingerprint density at radius 3 is 2.26 bits per heavy atom. The van der Waals surface area contributed by atoms with Gasteiger partial charge >= 0.3 is 0 Å². The van der Waals surface area contributed by atoms with Crippen molar-refractivity contribution in [2.75, 3.05) is 13.6 Å². The zero-order chi connectivity index (χ0) is 16.7. The van der Waals surface area contributed by atoms with Gasteiger partial charge in [-0.2, -0.15) is 0 Å². The van der Waals surface area contributed by atoms with Crippen LogP contribution in [0.4, 0.5) is 0 Å². The third-order valence-electron chi connectivity index (χ3n) is 4.07. The summed E-state index contributed by atoms with van der Waals surface area (Å²) in [6.45, 7) is 5.56. The molecule has 2 heteroatoms. The third-order valence-corrected chi connectivity index (χ3v) is 4.07. The van der Waals surface area contributed by atoms with E-state index in [4.69, 9.17) is 11.2 Å². The summed E-state index contributed by atoms with van der Waals surface area (Å²) in [6, 6.07) is 17.2. The molecule has 0 radical (unpaired) electrons. The minimum atomic E-state index is 0.422. The van der Waals surface area contributed by atoms with Gasteiger partial charge in [0.1, 0.15) is 12.4 Å². The molecule has 0 heterocycles. The van der Waals surface area contributed by atoms with E-state index in [1.165, 1.54) is 16.7 Å². The number of aryl methyl sites for hydroxylation is 1. The molecular weight excluding hydrogens is 282 g/mol. The fourth-order valence-corrected chi connectivity index (χ4v) is 2.37. The van der Waals surface area contributed by atoms with E-state index >= 15 is 0 Å². The van der Waals surface area contributed by atoms with E-state index in [-0.39, 0.29) is 0 Å². The average Bonchev–Trinajstić information content (AvgIpc) is 2.56. The Bertz CT molecular complexity index is 637. The van der Waals surface area contributed by atoms with Crippen molar-refractivity contribution in [1.29, 1.82) is 0 Å². The first-order valence-corrected chi connectivity index (χ1v) is 7.99. The Balaban J connectivity index is 1.87. The molecule has 1 unspecified atom stereocenters. The van der Waals surface area contributed by atoms with Crippen LogP contribution in [-0.2, 0) is 13.0 Å². The van der Waals surface area contributed by atoms with Gasteiger partial charge in [-0.25, -0.2) is 0 Å². The molecule has 1 atom stereocenters. The summed E-state index contributed by atoms with van der Waals surface area (Å²) in [5.74, 6) is 3.59. The second-order valence-corrected chi connectivity index (χ2v) is 6.09. The van der Waals surface area contributed by atoms with Crippen molar-refractivity contribution in [3.63, 3.8) is 0 Å². The first kappa shape index (κ1) is 17.1. The van der Waals surface area contributed by atoms with Gasteiger partial charge in [0.2, 0.25) is 0 Å². The number of terminal acetylenes is 1. The highest BCUT2D eigenvalue weighted by Crippen LogP contribution is 2.16. The maximum atomic E-state index is 5.84. The zero-order valence-corrected chi connectivity index (χ0v) is 14.3. The lowest BCUT2D eigenvalue weighted by Gasteiger charge is -2.22. The summed E-state index contributed by atoms with van der Waals surface area (Å²) in [7, 11) is 2.06. The molecule has 0 spiro atoms. The van der Waals surface area contributed by atoms with Crippen LogP contribution in [0.2, 0.25) is 0 Å². The predicted octanol–water partition coefficient (Wildman–Crippen LogP) is 4.07. The Labute approximate surface area is 140 Å². The minimum absolute atomic E-state index is 0.422. The van der Waals surface area contributed by atoms with Gasteiger partial charge in [-0.15, -0.1) is 6.42 Å². The van der Waals surface area contributed by atoms with E-state index < -0.39 is 0 Å². The van der Waals surface area contributed by atoms with E-state index in [0.717, 1.165) is 12.2 Å². The molecule has 0 bridgehead atoms. The molecule has 2 aromatic rings. The van der Waals surface area contributed by atoms with Gasteiger partial charge in [-0.05, 0) is 50.6 Å². The molecule has 2 aromatic carbocycles. The first-order valence-electron chi connectivity index (χ1n) is 7.99. The van der Waals surface area contributed by atoms with Crippen molar-refractivity contribution < 1.29 is 4.74 Å². The van der Waals surface area contributed by atoms with Crippen molar-refractivity contribution in [1.82, 2.24) is 4.90 Å². The molecule has 0 aromatic heterocycles. The summed E-state index contributed by atoms with van der Waals surface area (Å²) in [4.78, 5) is 2.18. The Kier molecular flexibility index (Phi) is 6.26. The molecule has 0 N–H and O–H groups in total. The second-order valence-electron chi connectivity index (χ2n) is 6.09. The van der Waals surface area contributed by atoms with E-state index in [2.05, 4.69) is 68.1 Å². The second kappa shape index (κ2) is 8.41. The van der Waals surface area contributed by atoms with Crippen LogP contribution in [0.25, 0.3) is 0 Å². The van der Waals surface area contributed by atoms with Crippen LogP contribution in [0.5, 0.6) is 5.75 Å². The SMILES string of the molecule is C#CCN(C)C(C)Cc1ccc(OCc2ccc(C)cc2)cc1. The molecule has 120 valence electrons. The molecule has 2 nitrogen and oxygen atoms in total. The highest BCUT2D eigenvalue weighted by atomic mass is 16.5. The smallest absolute Gasteiger partial charge is 0.119 e. The van der Waals surface area contributed by atoms with Crippen molar-refractivity contribution in [2.45, 2.75) is 32.9 Å². The van der Waals surface area contributed by atoms with Gasteiger partial charge in [0.15, 0.2) is 0 Å². The quantitative estimate of drug-likeness (QED) is 0.715. The summed E-state index contributed by atoms with van der Waals surface area (Å²) in [5, 5.41) is 0. The van der Waals surface area contributed by atoms with Gasteiger partial charge < -0.3 is 4.74 Å². The highest BCUT2D eigenvalue weighted by Gasteiger charge is 2.08. The van der Waals surface area contributed by atoms with Gasteiger partial charge in [0.25, 0.3) is 0 Å². The fourth-order valence-electron chi connectivity index (χ4n) is 2.37. The van der Waals surface area contributed by atoms with Crippen LogP contribution in [0.1, 0.15) is 23.6 Å². The molecule has 0 amide bonds. The van der Waals surface area contributed by atoms with Crippen LogP contribution >= 0.6 is 0 Å². The highest BCUT2D eigenvalue weighted by molar-refractivity contribution is 5.28. The maximum absolute atomic E-state index is 5.84. The maximum Gasteiger partial charge on any atom is 0.119 e. The van der Waals surface area contributed by atoms with Crippen LogP contribution in [-0.4, -0.2) is 24.5 Å². The summed E-state index contributed by atoms with van der Waals surface area (Å²) in [5.41, 5.74) is 3.75. The first-order chi connectivity index (χ1) is 11.1. The number of hydrogen-bond donors (Lipinski definition) is 0. The van der Waals surface area contributed by atoms with E-state index in [0.29, 0.717) is 19.2 Å². The number of nitrogens with zero attached hydrogens (tertiary/aromatic N) is 1. The van der Waals surface area contributed by atoms with Crippen molar-refractivity contribution in [3.05, 3.63) is 65.2 Å². The predicted molar refractivity (Wildman–Crippen MR) is 96.6 cm³/mol. The summed E-state index contributed by atoms with van der Waals surface area (Å²) in [6.07, 6.45) is 6.34. The van der Waals surface area contributed by atoms with Gasteiger partial charge in [0, 0.05) is 6.04 Å². The molecule has 0 saturated carbocycles. The van der Waals surface area contributed by atoms with Gasteiger partial charge in [-0.3, -0.25) is 4.90 Å². The Morgan fingerprint density at radius 2 is 1.65 bits per heavy atom. The number of rotatable bonds is 7. The van der Waals surface area contributed by atoms with Crippen LogP contribution in [0.15, 0.2) is 48.5 Å². The molecule has 0 fully saturated rings. The summed E-state index contributed by atoms with van der Waals surface area (Å²) < 4.78 is 5.84. The molecular formula is C21H25NO. The van der Waals surface area contributed by atoms with Crippen LogP contribution in [0, 0.1) is 19.3 Å². The van der Waals surface area contributed by atoms with Crippen LogP contribution in [0.3, 0.4) is 0 Å². The van der Waals surface area contributed by atoms with E-state index in [9.17, 15) is 0 Å². The van der Waals surface area contributed by atoms with Crippen molar-refractivity contribution in [2.24, 2.45) is 0 Å². The van der Waals surface area contributed by atoms with E-state index in [1.54, 1.807) is 0 Å². The number of ether oxygens (including phenoxy) is 1. The van der Waals surface area contributed by atoms with Crippen molar-refractivity contribution in [3.8, 4) is 18.1 Å². The van der Waals surface area contributed by atoms with Crippen LogP contribution < -0.4 is 4.74 Å². The molecule has 0 aliphatic heterocycles. The van der Waals surface area contributed by atoms with Gasteiger partial charge in [-0.1, -0.05) is 47.9 Å². The molecule has 0 aliphatic rings. The Hall–Kier alpha value is -2.24. The lowest BCUT2D eigenvalue weighted by atomic mass is 10.1. The van der Waals surface area contributed by atoms with Gasteiger partial charge in [0.05, 0.1) is 6.54 Å². The minimum Gasteiger partial charge on any atom is -0.489 e. The molecule has 0 aliphatic carbocycles. The normalized spacial score (nSPS) is 12.0.